The second-order valence-corrected chi connectivity index (χ2v) is 4.31. The standard InChI is InChI=1S/C10H5F3N2O2S/c11-3-1-4(12)6(5(13)2-3)9-15-7(10(16)17)8(14)18-9/h1-2H,14H2,(H,16,17). The number of carboxylic acid groups (broad SMARTS) is 1. The Morgan fingerprint density at radius 1 is 1.28 bits per heavy atom. The molecule has 8 heteroatoms. The number of carboxylic acids is 1. The molecule has 0 spiro atoms. The Hall–Kier alpha value is -2.09. The summed E-state index contributed by atoms with van der Waals surface area (Å²) in [6.07, 6.45) is 0. The van der Waals surface area contributed by atoms with E-state index >= 15 is 0 Å². The predicted octanol–water partition coefficient (Wildman–Crippen LogP) is 2.51. The third-order valence-electron chi connectivity index (χ3n) is 2.08. The van der Waals surface area contributed by atoms with Crippen molar-refractivity contribution in [3.8, 4) is 10.6 Å². The molecule has 0 fully saturated rings. The van der Waals surface area contributed by atoms with Crippen molar-refractivity contribution < 1.29 is 23.1 Å². The molecule has 0 atom stereocenters. The Labute approximate surface area is 103 Å². The molecule has 94 valence electrons. The smallest absolute Gasteiger partial charge is 0.357 e. The molecule has 0 saturated carbocycles. The van der Waals surface area contributed by atoms with E-state index in [2.05, 4.69) is 4.98 Å². The van der Waals surface area contributed by atoms with Gasteiger partial charge in [0.15, 0.2) is 5.69 Å². The van der Waals surface area contributed by atoms with Crippen LogP contribution in [0, 0.1) is 17.5 Å². The van der Waals surface area contributed by atoms with Crippen molar-refractivity contribution in [3.63, 3.8) is 0 Å². The molecule has 2 aromatic rings. The summed E-state index contributed by atoms with van der Waals surface area (Å²) in [6.45, 7) is 0. The summed E-state index contributed by atoms with van der Waals surface area (Å²) >= 11 is 0.613. The van der Waals surface area contributed by atoms with E-state index in [0.717, 1.165) is 0 Å². The zero-order valence-corrected chi connectivity index (χ0v) is 9.39. The normalized spacial score (nSPS) is 10.6. The van der Waals surface area contributed by atoms with Gasteiger partial charge in [-0.05, 0) is 0 Å². The number of thiazole rings is 1. The van der Waals surface area contributed by atoms with Gasteiger partial charge in [0.25, 0.3) is 0 Å². The molecule has 0 radical (unpaired) electrons. The molecule has 0 bridgehead atoms. The number of rotatable bonds is 2. The number of halogens is 3. The number of nitrogens with zero attached hydrogens (tertiary/aromatic N) is 1. The van der Waals surface area contributed by atoms with Crippen molar-refractivity contribution >= 4 is 22.3 Å². The molecule has 0 aliphatic carbocycles. The molecular weight excluding hydrogens is 269 g/mol. The van der Waals surface area contributed by atoms with Crippen LogP contribution < -0.4 is 5.73 Å². The number of carbonyl (C=O) groups is 1. The summed E-state index contributed by atoms with van der Waals surface area (Å²) in [5, 5.41) is 8.30. The maximum Gasteiger partial charge on any atom is 0.357 e. The lowest BCUT2D eigenvalue weighted by molar-refractivity contribution is 0.0692. The number of aromatic carboxylic acids is 1. The Balaban J connectivity index is 2.63. The van der Waals surface area contributed by atoms with Crippen LogP contribution in [0.4, 0.5) is 18.2 Å². The Bertz CT molecular complexity index is 619. The lowest BCUT2D eigenvalue weighted by Gasteiger charge is -2.00. The van der Waals surface area contributed by atoms with Crippen LogP contribution in [0.2, 0.25) is 0 Å². The summed E-state index contributed by atoms with van der Waals surface area (Å²) < 4.78 is 39.6. The van der Waals surface area contributed by atoms with E-state index in [1.165, 1.54) is 0 Å². The number of benzene rings is 1. The number of hydrogen-bond acceptors (Lipinski definition) is 4. The monoisotopic (exact) mass is 274 g/mol. The predicted molar refractivity (Wildman–Crippen MR) is 58.8 cm³/mol. The summed E-state index contributed by atoms with van der Waals surface area (Å²) in [5.74, 6) is -4.81. The van der Waals surface area contributed by atoms with Gasteiger partial charge in [0.05, 0.1) is 5.56 Å². The third-order valence-corrected chi connectivity index (χ3v) is 2.98. The van der Waals surface area contributed by atoms with Gasteiger partial charge < -0.3 is 10.8 Å². The van der Waals surface area contributed by atoms with Crippen LogP contribution in [-0.4, -0.2) is 16.1 Å². The second kappa shape index (κ2) is 4.30. The number of hydrogen-bond donors (Lipinski definition) is 2. The molecule has 0 aliphatic rings. The highest BCUT2D eigenvalue weighted by Crippen LogP contribution is 2.33. The van der Waals surface area contributed by atoms with Crippen molar-refractivity contribution in [2.45, 2.75) is 0 Å². The van der Waals surface area contributed by atoms with E-state index < -0.39 is 34.7 Å². The fraction of sp³-hybridized carbons (Fsp3) is 0. The molecule has 18 heavy (non-hydrogen) atoms. The molecule has 0 unspecified atom stereocenters. The van der Waals surface area contributed by atoms with Gasteiger partial charge in [-0.25, -0.2) is 22.9 Å². The van der Waals surface area contributed by atoms with E-state index in [4.69, 9.17) is 10.8 Å². The minimum atomic E-state index is -1.40. The van der Waals surface area contributed by atoms with E-state index in [1.807, 2.05) is 0 Å². The Morgan fingerprint density at radius 2 is 1.83 bits per heavy atom. The first-order valence-corrected chi connectivity index (χ1v) is 5.36. The molecule has 1 aromatic heterocycles. The van der Waals surface area contributed by atoms with Gasteiger partial charge in [0.2, 0.25) is 0 Å². The van der Waals surface area contributed by atoms with Crippen LogP contribution in [0.5, 0.6) is 0 Å². The first-order valence-electron chi connectivity index (χ1n) is 4.54. The molecular formula is C10H5F3N2O2S. The van der Waals surface area contributed by atoms with Crippen LogP contribution >= 0.6 is 11.3 Å². The number of nitrogens with two attached hydrogens (primary N) is 1. The summed E-state index contributed by atoms with van der Waals surface area (Å²) in [6, 6.07) is 0.965. The molecule has 3 N–H and O–H groups in total. The van der Waals surface area contributed by atoms with Gasteiger partial charge in [-0.2, -0.15) is 0 Å². The molecule has 2 rings (SSSR count). The van der Waals surface area contributed by atoms with Gasteiger partial charge in [-0.15, -0.1) is 0 Å². The van der Waals surface area contributed by atoms with Crippen LogP contribution in [0.15, 0.2) is 12.1 Å². The second-order valence-electron chi connectivity index (χ2n) is 3.28. The lowest BCUT2D eigenvalue weighted by Crippen LogP contribution is -2.00. The zero-order valence-electron chi connectivity index (χ0n) is 8.58. The third kappa shape index (κ3) is 2.02. The van der Waals surface area contributed by atoms with Crippen LogP contribution in [0.3, 0.4) is 0 Å². The van der Waals surface area contributed by atoms with E-state index in [1.54, 1.807) is 0 Å². The van der Waals surface area contributed by atoms with Crippen molar-refractivity contribution in [3.05, 3.63) is 35.3 Å². The molecule has 0 aliphatic heterocycles. The topological polar surface area (TPSA) is 76.2 Å². The van der Waals surface area contributed by atoms with Gasteiger partial charge >= 0.3 is 5.97 Å². The largest absolute Gasteiger partial charge is 0.476 e. The quantitative estimate of drug-likeness (QED) is 0.882. The minimum Gasteiger partial charge on any atom is -0.476 e. The highest BCUT2D eigenvalue weighted by Gasteiger charge is 2.21. The van der Waals surface area contributed by atoms with E-state index in [9.17, 15) is 18.0 Å². The fourth-order valence-corrected chi connectivity index (χ4v) is 2.21. The molecule has 1 aromatic carbocycles. The highest BCUT2D eigenvalue weighted by atomic mass is 32.1. The van der Waals surface area contributed by atoms with Gasteiger partial charge in [-0.3, -0.25) is 0 Å². The molecule has 4 nitrogen and oxygen atoms in total. The van der Waals surface area contributed by atoms with Crippen molar-refractivity contribution in [2.24, 2.45) is 0 Å². The average Bonchev–Trinajstić information content (AvgIpc) is 2.58. The number of aromatic nitrogens is 1. The maximum atomic E-state index is 13.4. The lowest BCUT2D eigenvalue weighted by atomic mass is 10.2. The highest BCUT2D eigenvalue weighted by molar-refractivity contribution is 7.19. The Morgan fingerprint density at radius 3 is 2.28 bits per heavy atom. The van der Waals surface area contributed by atoms with Crippen LogP contribution in [-0.2, 0) is 0 Å². The van der Waals surface area contributed by atoms with Crippen molar-refractivity contribution in [1.29, 1.82) is 0 Å². The maximum absolute atomic E-state index is 13.4. The van der Waals surface area contributed by atoms with E-state index in [0.29, 0.717) is 23.5 Å². The minimum absolute atomic E-state index is 0.180. The van der Waals surface area contributed by atoms with Crippen molar-refractivity contribution in [1.82, 2.24) is 4.98 Å². The zero-order chi connectivity index (χ0) is 13.4. The average molecular weight is 274 g/mol. The van der Waals surface area contributed by atoms with Crippen LogP contribution in [0.1, 0.15) is 10.5 Å². The number of anilines is 1. The van der Waals surface area contributed by atoms with Crippen LogP contribution in [0.25, 0.3) is 10.6 Å². The Kier molecular flexibility index (Phi) is 2.95. The van der Waals surface area contributed by atoms with Crippen molar-refractivity contribution in [2.75, 3.05) is 5.73 Å². The first kappa shape index (κ1) is 12.4. The fourth-order valence-electron chi connectivity index (χ4n) is 1.34. The van der Waals surface area contributed by atoms with Gasteiger partial charge in [-0.1, -0.05) is 11.3 Å². The molecule has 1 heterocycles. The van der Waals surface area contributed by atoms with Gasteiger partial charge in [0.1, 0.15) is 27.5 Å². The summed E-state index contributed by atoms with van der Waals surface area (Å²) in [7, 11) is 0. The summed E-state index contributed by atoms with van der Waals surface area (Å²) in [4.78, 5) is 14.2. The SMILES string of the molecule is Nc1sc(-c2c(F)cc(F)cc2F)nc1C(=O)O. The van der Waals surface area contributed by atoms with Gasteiger partial charge in [0, 0.05) is 12.1 Å². The molecule has 0 amide bonds. The number of nitrogen functional groups attached to an aromatic ring is 1. The first-order chi connectivity index (χ1) is 8.40. The molecule has 0 saturated heterocycles. The van der Waals surface area contributed by atoms with E-state index in [-0.39, 0.29) is 10.0 Å². The summed E-state index contributed by atoms with van der Waals surface area (Å²) in [5.41, 5.74) is 4.28.